The summed E-state index contributed by atoms with van der Waals surface area (Å²) in [4.78, 5) is 15.8. The first-order valence-electron chi connectivity index (χ1n) is 7.85. The number of carbonyl (C=O) groups excluding carboxylic acids is 1. The van der Waals surface area contributed by atoms with Crippen LogP contribution in [0, 0.1) is 0 Å². The van der Waals surface area contributed by atoms with Gasteiger partial charge < -0.3 is 10.2 Å². The molecule has 1 unspecified atom stereocenters. The molecule has 112 valence electrons. The molecule has 0 aromatic carbocycles. The van der Waals surface area contributed by atoms with Crippen LogP contribution < -0.4 is 5.32 Å². The van der Waals surface area contributed by atoms with Gasteiger partial charge >= 0.3 is 0 Å². The molecule has 0 bridgehead atoms. The van der Waals surface area contributed by atoms with Crippen LogP contribution in [0.5, 0.6) is 0 Å². The number of hydrogen-bond donors (Lipinski definition) is 1. The molecule has 3 nitrogen and oxygen atoms in total. The molecule has 0 spiro atoms. The molecule has 0 radical (unpaired) electrons. The second-order valence-electron chi connectivity index (χ2n) is 5.53. The summed E-state index contributed by atoms with van der Waals surface area (Å²) in [6.07, 6.45) is 5.59. The van der Waals surface area contributed by atoms with E-state index >= 15 is 0 Å². The van der Waals surface area contributed by atoms with Gasteiger partial charge in [-0.15, -0.1) is 11.3 Å². The smallest absolute Gasteiger partial charge is 0.264 e. The summed E-state index contributed by atoms with van der Waals surface area (Å²) >= 11 is 1.59. The average molecular weight is 294 g/mol. The summed E-state index contributed by atoms with van der Waals surface area (Å²) < 4.78 is 0. The molecule has 1 atom stereocenters. The van der Waals surface area contributed by atoms with Crippen molar-refractivity contribution in [2.45, 2.75) is 52.0 Å². The fraction of sp³-hybridized carbons (Fsp3) is 0.688. The Labute approximate surface area is 126 Å². The highest BCUT2D eigenvalue weighted by Gasteiger charge is 2.24. The Balaban J connectivity index is 2.06. The van der Waals surface area contributed by atoms with Gasteiger partial charge in [-0.25, -0.2) is 0 Å². The molecular weight excluding hydrogens is 268 g/mol. The third-order valence-corrected chi connectivity index (χ3v) is 4.94. The molecule has 1 aromatic rings. The Bertz CT molecular complexity index is 424. The lowest BCUT2D eigenvalue weighted by Gasteiger charge is -2.26. The van der Waals surface area contributed by atoms with Gasteiger partial charge in [-0.1, -0.05) is 20.3 Å². The standard InChI is InChI=1S/C16H26N2OS/c1-3-5-10-18(12-14-7-6-9-17-14)16(19)15-13(4-2)8-11-20-15/h8,11,14,17H,3-7,9-10,12H2,1-2H3. The lowest BCUT2D eigenvalue weighted by molar-refractivity contribution is 0.0743. The Morgan fingerprint density at radius 1 is 1.50 bits per heavy atom. The number of carbonyl (C=O) groups is 1. The third kappa shape index (κ3) is 3.83. The van der Waals surface area contributed by atoms with Gasteiger partial charge in [0, 0.05) is 19.1 Å². The number of nitrogens with zero attached hydrogens (tertiary/aromatic N) is 1. The molecule has 0 saturated carbocycles. The number of hydrogen-bond acceptors (Lipinski definition) is 3. The highest BCUT2D eigenvalue weighted by Crippen LogP contribution is 2.20. The molecule has 1 aliphatic rings. The van der Waals surface area contributed by atoms with E-state index in [1.807, 2.05) is 5.38 Å². The summed E-state index contributed by atoms with van der Waals surface area (Å²) in [5, 5.41) is 5.54. The van der Waals surface area contributed by atoms with Gasteiger partial charge in [-0.2, -0.15) is 0 Å². The van der Waals surface area contributed by atoms with Crippen LogP contribution in [0.1, 0.15) is 54.8 Å². The van der Waals surface area contributed by atoms with Crippen LogP contribution in [0.3, 0.4) is 0 Å². The first-order valence-corrected chi connectivity index (χ1v) is 8.73. The fourth-order valence-electron chi connectivity index (χ4n) is 2.75. The van der Waals surface area contributed by atoms with Crippen LogP contribution in [0.2, 0.25) is 0 Å². The predicted octanol–water partition coefficient (Wildman–Crippen LogP) is 3.30. The molecular formula is C16H26N2OS. The molecule has 2 heterocycles. The molecule has 1 saturated heterocycles. The Morgan fingerprint density at radius 2 is 2.35 bits per heavy atom. The largest absolute Gasteiger partial charge is 0.336 e. The van der Waals surface area contributed by atoms with E-state index < -0.39 is 0 Å². The zero-order chi connectivity index (χ0) is 14.4. The minimum Gasteiger partial charge on any atom is -0.336 e. The second-order valence-corrected chi connectivity index (χ2v) is 6.44. The average Bonchev–Trinajstić information content (AvgIpc) is 3.13. The molecule has 1 N–H and O–H groups in total. The van der Waals surface area contributed by atoms with Crippen molar-refractivity contribution in [1.82, 2.24) is 10.2 Å². The SMILES string of the molecule is CCCCN(CC1CCCN1)C(=O)c1sccc1CC. The van der Waals surface area contributed by atoms with Crippen molar-refractivity contribution in [3.8, 4) is 0 Å². The first-order chi connectivity index (χ1) is 9.76. The predicted molar refractivity (Wildman–Crippen MR) is 85.5 cm³/mol. The van der Waals surface area contributed by atoms with E-state index in [2.05, 4.69) is 30.1 Å². The van der Waals surface area contributed by atoms with Gasteiger partial charge in [0.25, 0.3) is 5.91 Å². The Hall–Kier alpha value is -0.870. The summed E-state index contributed by atoms with van der Waals surface area (Å²) in [7, 11) is 0. The maximum atomic E-state index is 12.8. The third-order valence-electron chi connectivity index (χ3n) is 3.99. The topological polar surface area (TPSA) is 32.3 Å². The van der Waals surface area contributed by atoms with Gasteiger partial charge in [0.05, 0.1) is 4.88 Å². The van der Waals surface area contributed by atoms with E-state index in [-0.39, 0.29) is 5.91 Å². The first kappa shape index (κ1) is 15.5. The number of unbranched alkanes of at least 4 members (excludes halogenated alkanes) is 1. The number of aryl methyl sites for hydroxylation is 1. The minimum absolute atomic E-state index is 0.235. The molecule has 1 aliphatic heterocycles. The Morgan fingerprint density at radius 3 is 3.00 bits per heavy atom. The maximum absolute atomic E-state index is 12.8. The molecule has 2 rings (SSSR count). The van der Waals surface area contributed by atoms with E-state index in [9.17, 15) is 4.79 Å². The number of thiophene rings is 1. The highest BCUT2D eigenvalue weighted by molar-refractivity contribution is 7.12. The van der Waals surface area contributed by atoms with Crippen LogP contribution >= 0.6 is 11.3 Å². The molecule has 20 heavy (non-hydrogen) atoms. The van der Waals surface area contributed by atoms with Crippen molar-refractivity contribution >= 4 is 17.2 Å². The normalized spacial score (nSPS) is 18.4. The van der Waals surface area contributed by atoms with Crippen LogP contribution in [0.25, 0.3) is 0 Å². The Kier molecular flexibility index (Phi) is 6.05. The van der Waals surface area contributed by atoms with Crippen LogP contribution in [-0.4, -0.2) is 36.5 Å². The van der Waals surface area contributed by atoms with E-state index in [4.69, 9.17) is 0 Å². The summed E-state index contributed by atoms with van der Waals surface area (Å²) in [6, 6.07) is 2.57. The number of nitrogens with one attached hydrogen (secondary N) is 1. The van der Waals surface area contributed by atoms with Crippen molar-refractivity contribution in [3.05, 3.63) is 21.9 Å². The van der Waals surface area contributed by atoms with Crippen molar-refractivity contribution in [2.75, 3.05) is 19.6 Å². The zero-order valence-electron chi connectivity index (χ0n) is 12.7. The molecule has 4 heteroatoms. The van der Waals surface area contributed by atoms with Crippen molar-refractivity contribution < 1.29 is 4.79 Å². The van der Waals surface area contributed by atoms with Crippen molar-refractivity contribution in [2.24, 2.45) is 0 Å². The lowest BCUT2D eigenvalue weighted by atomic mass is 10.1. The fourth-order valence-corrected chi connectivity index (χ4v) is 3.71. The van der Waals surface area contributed by atoms with E-state index in [1.54, 1.807) is 11.3 Å². The van der Waals surface area contributed by atoms with Gasteiger partial charge in [0.1, 0.15) is 0 Å². The van der Waals surface area contributed by atoms with Gasteiger partial charge in [-0.3, -0.25) is 4.79 Å². The van der Waals surface area contributed by atoms with Gasteiger partial charge in [0.2, 0.25) is 0 Å². The zero-order valence-corrected chi connectivity index (χ0v) is 13.5. The highest BCUT2D eigenvalue weighted by atomic mass is 32.1. The summed E-state index contributed by atoms with van der Waals surface area (Å²) in [5.41, 5.74) is 1.20. The molecule has 0 aliphatic carbocycles. The van der Waals surface area contributed by atoms with Crippen LogP contribution in [-0.2, 0) is 6.42 Å². The summed E-state index contributed by atoms with van der Waals surface area (Å²) in [5.74, 6) is 0.235. The van der Waals surface area contributed by atoms with E-state index in [0.29, 0.717) is 6.04 Å². The van der Waals surface area contributed by atoms with Crippen LogP contribution in [0.4, 0.5) is 0 Å². The quantitative estimate of drug-likeness (QED) is 0.837. The van der Waals surface area contributed by atoms with Gasteiger partial charge in [-0.05, 0) is 49.2 Å². The molecule has 1 fully saturated rings. The number of amides is 1. The van der Waals surface area contributed by atoms with E-state index in [1.165, 1.54) is 18.4 Å². The van der Waals surface area contributed by atoms with Crippen molar-refractivity contribution in [1.29, 1.82) is 0 Å². The molecule has 1 amide bonds. The van der Waals surface area contributed by atoms with Crippen LogP contribution in [0.15, 0.2) is 11.4 Å². The number of rotatable bonds is 7. The molecule has 1 aromatic heterocycles. The minimum atomic E-state index is 0.235. The summed E-state index contributed by atoms with van der Waals surface area (Å²) in [6.45, 7) is 7.14. The maximum Gasteiger partial charge on any atom is 0.264 e. The van der Waals surface area contributed by atoms with Crippen molar-refractivity contribution in [3.63, 3.8) is 0 Å². The monoisotopic (exact) mass is 294 g/mol. The second kappa shape index (κ2) is 7.79. The van der Waals surface area contributed by atoms with Gasteiger partial charge in [0.15, 0.2) is 0 Å². The lowest BCUT2D eigenvalue weighted by Crippen LogP contribution is -2.41. The van der Waals surface area contributed by atoms with E-state index in [0.717, 1.165) is 43.8 Å².